The molecule has 0 aliphatic heterocycles. The zero-order valence-corrected chi connectivity index (χ0v) is 13.1. The molecule has 0 saturated heterocycles. The molecule has 1 nitrogen and oxygen atoms in total. The number of halogens is 1. The summed E-state index contributed by atoms with van der Waals surface area (Å²) < 4.78 is 1.33. The third-order valence-electron chi connectivity index (χ3n) is 2.51. The summed E-state index contributed by atoms with van der Waals surface area (Å²) in [7, 11) is -1.08. The van der Waals surface area contributed by atoms with E-state index in [1.807, 2.05) is 6.20 Å². The fourth-order valence-electron chi connectivity index (χ4n) is 1.79. The molecule has 0 fully saturated rings. The number of hydrogen-bond acceptors (Lipinski definition) is 1. The molecule has 0 amide bonds. The van der Waals surface area contributed by atoms with Crippen LogP contribution in [0, 0.1) is 3.57 Å². The van der Waals surface area contributed by atoms with Crippen LogP contribution in [0.1, 0.15) is 5.69 Å². The lowest BCUT2D eigenvalue weighted by Crippen LogP contribution is -2.25. The minimum Gasteiger partial charge on any atom is -0.260 e. The number of hydrogen-bond donors (Lipinski definition) is 0. The Morgan fingerprint density at radius 1 is 1.19 bits per heavy atom. The summed E-state index contributed by atoms with van der Waals surface area (Å²) in [5.74, 6) is 0. The summed E-state index contributed by atoms with van der Waals surface area (Å²) in [6.45, 7) is 7.17. The van der Waals surface area contributed by atoms with Crippen molar-refractivity contribution in [1.29, 1.82) is 0 Å². The zero-order chi connectivity index (χ0) is 11.8. The number of rotatable bonds is 2. The van der Waals surface area contributed by atoms with Crippen LogP contribution in [-0.4, -0.2) is 13.1 Å². The van der Waals surface area contributed by atoms with E-state index in [4.69, 9.17) is 0 Å². The van der Waals surface area contributed by atoms with Crippen LogP contribution in [-0.2, 0) is 6.04 Å². The van der Waals surface area contributed by atoms with E-state index >= 15 is 0 Å². The molecule has 0 spiro atoms. The average molecular weight is 341 g/mol. The van der Waals surface area contributed by atoms with Gasteiger partial charge in [-0.25, -0.2) is 0 Å². The summed E-state index contributed by atoms with van der Waals surface area (Å²) in [5.41, 5.74) is 1.28. The van der Waals surface area contributed by atoms with E-state index in [0.717, 1.165) is 6.04 Å². The molecule has 1 aromatic heterocycles. The highest BCUT2D eigenvalue weighted by Gasteiger charge is 2.17. The van der Waals surface area contributed by atoms with Crippen LogP contribution in [0.25, 0.3) is 10.8 Å². The molecule has 0 aliphatic carbocycles. The van der Waals surface area contributed by atoms with E-state index < -0.39 is 8.07 Å². The lowest BCUT2D eigenvalue weighted by molar-refractivity contribution is 1.13. The second kappa shape index (κ2) is 4.45. The standard InChI is InChI=1S/C13H16INSi/c1-16(2,3)9-12-13(14)11-7-5-4-6-10(11)8-15-12/h4-8H,9H2,1-3H3. The van der Waals surface area contributed by atoms with Crippen LogP contribution >= 0.6 is 22.6 Å². The molecule has 3 heteroatoms. The quantitative estimate of drug-likeness (QED) is 0.588. The highest BCUT2D eigenvalue weighted by Crippen LogP contribution is 2.24. The molecule has 0 N–H and O–H groups in total. The Hall–Kier alpha value is -0.423. The lowest BCUT2D eigenvalue weighted by Gasteiger charge is -2.16. The lowest BCUT2D eigenvalue weighted by atomic mass is 10.1. The molecular formula is C13H16INSi. The molecule has 0 atom stereocenters. The van der Waals surface area contributed by atoms with Gasteiger partial charge in [-0.1, -0.05) is 43.9 Å². The maximum Gasteiger partial charge on any atom is 0.0516 e. The smallest absolute Gasteiger partial charge is 0.0516 e. The first-order valence-electron chi connectivity index (χ1n) is 5.49. The normalized spacial score (nSPS) is 12.0. The van der Waals surface area contributed by atoms with Gasteiger partial charge in [-0.3, -0.25) is 4.98 Å². The molecule has 1 heterocycles. The van der Waals surface area contributed by atoms with Crippen LogP contribution in [0.15, 0.2) is 30.5 Å². The predicted octanol–water partition coefficient (Wildman–Crippen LogP) is 4.26. The Labute approximate surface area is 111 Å². The minimum atomic E-state index is -1.08. The van der Waals surface area contributed by atoms with Gasteiger partial charge in [-0.2, -0.15) is 0 Å². The van der Waals surface area contributed by atoms with Crippen molar-refractivity contribution in [2.24, 2.45) is 0 Å². The molecule has 0 radical (unpaired) electrons. The minimum absolute atomic E-state index is 1.08. The summed E-state index contributed by atoms with van der Waals surface area (Å²) in [6, 6.07) is 9.65. The van der Waals surface area contributed by atoms with E-state index in [9.17, 15) is 0 Å². The van der Waals surface area contributed by atoms with Crippen molar-refractivity contribution in [1.82, 2.24) is 4.98 Å². The summed E-state index contributed by atoms with van der Waals surface area (Å²) >= 11 is 2.44. The van der Waals surface area contributed by atoms with Gasteiger partial charge >= 0.3 is 0 Å². The molecule has 2 rings (SSSR count). The van der Waals surface area contributed by atoms with E-state index in [2.05, 4.69) is 71.5 Å². The van der Waals surface area contributed by atoms with Gasteiger partial charge in [-0.15, -0.1) is 0 Å². The summed E-state index contributed by atoms with van der Waals surface area (Å²) in [6.07, 6.45) is 2.01. The number of pyridine rings is 1. The topological polar surface area (TPSA) is 12.9 Å². The first-order valence-corrected chi connectivity index (χ1v) is 10.3. The maximum absolute atomic E-state index is 4.62. The van der Waals surface area contributed by atoms with Crippen molar-refractivity contribution in [3.63, 3.8) is 0 Å². The molecule has 0 saturated carbocycles. The van der Waals surface area contributed by atoms with Crippen LogP contribution in [0.3, 0.4) is 0 Å². The Morgan fingerprint density at radius 3 is 2.56 bits per heavy atom. The molecule has 84 valence electrons. The van der Waals surface area contributed by atoms with Gasteiger partial charge in [0.15, 0.2) is 0 Å². The molecule has 16 heavy (non-hydrogen) atoms. The molecule has 1 aromatic carbocycles. The van der Waals surface area contributed by atoms with Crippen LogP contribution in [0.5, 0.6) is 0 Å². The van der Waals surface area contributed by atoms with Gasteiger partial charge in [-0.05, 0) is 34.0 Å². The second-order valence-corrected chi connectivity index (χ2v) is 11.9. The Kier molecular flexibility index (Phi) is 3.35. The Morgan fingerprint density at radius 2 is 1.88 bits per heavy atom. The van der Waals surface area contributed by atoms with E-state index in [-0.39, 0.29) is 0 Å². The fraction of sp³-hybridized carbons (Fsp3) is 0.308. The van der Waals surface area contributed by atoms with Gasteiger partial charge in [0.05, 0.1) is 13.8 Å². The SMILES string of the molecule is C[Si](C)(C)Cc1ncc2ccccc2c1I. The van der Waals surface area contributed by atoms with Crippen molar-refractivity contribution < 1.29 is 0 Å². The summed E-state index contributed by atoms with van der Waals surface area (Å²) in [5, 5.41) is 2.58. The second-order valence-electron chi connectivity index (χ2n) is 5.34. The van der Waals surface area contributed by atoms with Crippen LogP contribution in [0.2, 0.25) is 19.6 Å². The molecule has 0 bridgehead atoms. The predicted molar refractivity (Wildman–Crippen MR) is 81.5 cm³/mol. The largest absolute Gasteiger partial charge is 0.260 e. The third-order valence-corrected chi connectivity index (χ3v) is 5.11. The number of aromatic nitrogens is 1. The number of benzene rings is 1. The van der Waals surface area contributed by atoms with E-state index in [1.165, 1.54) is 20.0 Å². The Balaban J connectivity index is 2.53. The highest BCUT2D eigenvalue weighted by atomic mass is 127. The molecular weight excluding hydrogens is 325 g/mol. The van der Waals surface area contributed by atoms with Crippen molar-refractivity contribution in [2.45, 2.75) is 25.7 Å². The van der Waals surface area contributed by atoms with Crippen LogP contribution < -0.4 is 0 Å². The summed E-state index contributed by atoms with van der Waals surface area (Å²) in [4.78, 5) is 4.62. The zero-order valence-electron chi connectivity index (χ0n) is 9.92. The monoisotopic (exact) mass is 341 g/mol. The maximum atomic E-state index is 4.62. The van der Waals surface area contributed by atoms with Crippen molar-refractivity contribution >= 4 is 41.4 Å². The molecule has 0 unspecified atom stereocenters. The molecule has 2 aromatic rings. The first kappa shape index (κ1) is 12.0. The van der Waals surface area contributed by atoms with Gasteiger partial charge in [0.2, 0.25) is 0 Å². The van der Waals surface area contributed by atoms with Crippen LogP contribution in [0.4, 0.5) is 0 Å². The van der Waals surface area contributed by atoms with Gasteiger partial charge < -0.3 is 0 Å². The first-order chi connectivity index (χ1) is 7.47. The average Bonchev–Trinajstić information content (AvgIpc) is 2.21. The van der Waals surface area contributed by atoms with Gasteiger partial charge in [0, 0.05) is 15.2 Å². The Bertz CT molecular complexity index is 517. The van der Waals surface area contributed by atoms with Gasteiger partial charge in [0.1, 0.15) is 0 Å². The van der Waals surface area contributed by atoms with Crippen molar-refractivity contribution in [2.75, 3.05) is 0 Å². The number of nitrogens with zero attached hydrogens (tertiary/aromatic N) is 1. The van der Waals surface area contributed by atoms with Crippen molar-refractivity contribution in [3.8, 4) is 0 Å². The fourth-order valence-corrected chi connectivity index (χ4v) is 4.25. The van der Waals surface area contributed by atoms with E-state index in [0.29, 0.717) is 0 Å². The van der Waals surface area contributed by atoms with Gasteiger partial charge in [0.25, 0.3) is 0 Å². The van der Waals surface area contributed by atoms with Crippen molar-refractivity contribution in [3.05, 3.63) is 39.7 Å². The highest BCUT2D eigenvalue weighted by molar-refractivity contribution is 14.1. The molecule has 0 aliphatic rings. The van der Waals surface area contributed by atoms with E-state index in [1.54, 1.807) is 0 Å². The third kappa shape index (κ3) is 2.63. The number of fused-ring (bicyclic) bond motifs is 1.